The first-order valence-electron chi connectivity index (χ1n) is 9.85. The number of fused-ring (bicyclic) bond motifs is 3. The number of aliphatic imine (C=N–C) groups is 1. The van der Waals surface area contributed by atoms with E-state index in [1.807, 2.05) is 17.0 Å². The van der Waals surface area contributed by atoms with Gasteiger partial charge in [-0.25, -0.2) is 0 Å². The van der Waals surface area contributed by atoms with E-state index in [0.717, 1.165) is 23.4 Å². The highest BCUT2D eigenvalue weighted by Gasteiger charge is 2.77. The zero-order valence-corrected chi connectivity index (χ0v) is 16.0. The van der Waals surface area contributed by atoms with E-state index in [0.29, 0.717) is 31.6 Å². The van der Waals surface area contributed by atoms with Crippen LogP contribution in [0.4, 0.5) is 5.69 Å². The maximum Gasteiger partial charge on any atom is 0.317 e. The lowest BCUT2D eigenvalue weighted by Gasteiger charge is -2.54. The molecular weight excluding hydrogens is 356 g/mol. The summed E-state index contributed by atoms with van der Waals surface area (Å²) in [5.41, 5.74) is 1.08. The average Bonchev–Trinajstić information content (AvgIpc) is 3.33. The molecule has 1 aromatic rings. The van der Waals surface area contributed by atoms with Crippen LogP contribution in [0.2, 0.25) is 0 Å². The lowest BCUT2D eigenvalue weighted by Crippen LogP contribution is -2.64. The molecule has 2 saturated carbocycles. The van der Waals surface area contributed by atoms with Gasteiger partial charge in [-0.15, -0.1) is 0 Å². The topological polar surface area (TPSA) is 68.2 Å². The molecule has 2 bridgehead atoms. The molecule has 144 valence electrons. The quantitative estimate of drug-likeness (QED) is 0.586. The zero-order chi connectivity index (χ0) is 19.3. The molecule has 1 saturated heterocycles. The third-order valence-corrected chi connectivity index (χ3v) is 7.85. The number of ether oxygens (including phenoxy) is 2. The molecule has 28 heavy (non-hydrogen) atoms. The van der Waals surface area contributed by atoms with Crippen LogP contribution < -0.4 is 4.74 Å². The predicted octanol–water partition coefficient (Wildman–Crippen LogP) is 2.53. The fourth-order valence-corrected chi connectivity index (χ4v) is 7.07. The SMILES string of the molecule is COC(=O)[C@]12CC[C@]3(C=CCN4C(=O)C[C@]5(C1=Nc1c(OC)cccc15)[C@@H]43)C2. The van der Waals surface area contributed by atoms with Gasteiger partial charge in [0.1, 0.15) is 16.9 Å². The van der Waals surface area contributed by atoms with Gasteiger partial charge in [0.25, 0.3) is 0 Å². The molecule has 0 N–H and O–H groups in total. The number of rotatable bonds is 2. The summed E-state index contributed by atoms with van der Waals surface area (Å²) < 4.78 is 10.9. The normalized spacial score (nSPS) is 38.6. The highest BCUT2D eigenvalue weighted by molar-refractivity contribution is 6.20. The smallest absolute Gasteiger partial charge is 0.317 e. The first kappa shape index (κ1) is 16.3. The Balaban J connectivity index is 1.71. The molecule has 2 aliphatic carbocycles. The molecule has 3 aliphatic heterocycles. The molecule has 6 heteroatoms. The molecule has 6 rings (SSSR count). The molecule has 0 unspecified atom stereocenters. The Bertz CT molecular complexity index is 1010. The molecular formula is C22H22N2O4. The average molecular weight is 378 g/mol. The summed E-state index contributed by atoms with van der Waals surface area (Å²) in [5.74, 6) is 0.609. The molecule has 4 atom stereocenters. The predicted molar refractivity (Wildman–Crippen MR) is 102 cm³/mol. The maximum absolute atomic E-state index is 13.2. The molecule has 2 spiro atoms. The number of carbonyl (C=O) groups is 2. The fourth-order valence-electron chi connectivity index (χ4n) is 7.07. The Morgan fingerprint density at radius 1 is 1.29 bits per heavy atom. The van der Waals surface area contributed by atoms with Crippen LogP contribution in [0.25, 0.3) is 0 Å². The summed E-state index contributed by atoms with van der Waals surface area (Å²) in [5, 5.41) is 0. The Labute approximate surface area is 163 Å². The van der Waals surface area contributed by atoms with Gasteiger partial charge >= 0.3 is 5.97 Å². The van der Waals surface area contributed by atoms with E-state index in [1.54, 1.807) is 7.11 Å². The Morgan fingerprint density at radius 2 is 2.14 bits per heavy atom. The van der Waals surface area contributed by atoms with Crippen molar-refractivity contribution >= 4 is 23.3 Å². The summed E-state index contributed by atoms with van der Waals surface area (Å²) in [6, 6.07) is 5.92. The molecule has 0 aromatic heterocycles. The minimum Gasteiger partial charge on any atom is -0.494 e. The third-order valence-electron chi connectivity index (χ3n) is 7.85. The number of para-hydroxylation sites is 1. The van der Waals surface area contributed by atoms with Gasteiger partial charge in [-0.05, 0) is 30.9 Å². The molecule has 1 aromatic carbocycles. The summed E-state index contributed by atoms with van der Waals surface area (Å²) in [4.78, 5) is 33.4. The van der Waals surface area contributed by atoms with Crippen LogP contribution in [0.5, 0.6) is 5.75 Å². The van der Waals surface area contributed by atoms with Crippen molar-refractivity contribution in [3.8, 4) is 5.75 Å². The number of nitrogens with zero attached hydrogens (tertiary/aromatic N) is 2. The van der Waals surface area contributed by atoms with Crippen molar-refractivity contribution in [2.24, 2.45) is 15.8 Å². The monoisotopic (exact) mass is 378 g/mol. The number of hydrogen-bond donors (Lipinski definition) is 0. The van der Waals surface area contributed by atoms with E-state index in [1.165, 1.54) is 7.11 Å². The second kappa shape index (κ2) is 4.85. The van der Waals surface area contributed by atoms with Crippen LogP contribution >= 0.6 is 0 Å². The van der Waals surface area contributed by atoms with Crippen LogP contribution in [0, 0.1) is 10.8 Å². The van der Waals surface area contributed by atoms with Gasteiger partial charge in [-0.2, -0.15) is 0 Å². The Morgan fingerprint density at radius 3 is 2.93 bits per heavy atom. The fraction of sp³-hybridized carbons (Fsp3) is 0.500. The van der Waals surface area contributed by atoms with Crippen molar-refractivity contribution in [1.29, 1.82) is 0 Å². The minimum absolute atomic E-state index is 0.00453. The van der Waals surface area contributed by atoms with Gasteiger partial charge in [-0.3, -0.25) is 14.6 Å². The Hall–Kier alpha value is -2.63. The van der Waals surface area contributed by atoms with Crippen LogP contribution in [0.1, 0.15) is 31.2 Å². The van der Waals surface area contributed by atoms with Crippen molar-refractivity contribution in [3.63, 3.8) is 0 Å². The summed E-state index contributed by atoms with van der Waals surface area (Å²) in [7, 11) is 3.08. The molecule has 5 aliphatic rings. The van der Waals surface area contributed by atoms with Gasteiger partial charge < -0.3 is 14.4 Å². The van der Waals surface area contributed by atoms with Crippen LogP contribution in [0.3, 0.4) is 0 Å². The lowest BCUT2D eigenvalue weighted by molar-refractivity contribution is -0.149. The number of esters is 1. The lowest BCUT2D eigenvalue weighted by atomic mass is 9.51. The van der Waals surface area contributed by atoms with Gasteiger partial charge in [0.05, 0.1) is 25.7 Å². The van der Waals surface area contributed by atoms with E-state index >= 15 is 0 Å². The molecule has 1 amide bonds. The number of amides is 1. The van der Waals surface area contributed by atoms with Gasteiger partial charge in [0.2, 0.25) is 5.91 Å². The minimum atomic E-state index is -0.771. The van der Waals surface area contributed by atoms with Crippen molar-refractivity contribution in [3.05, 3.63) is 35.9 Å². The van der Waals surface area contributed by atoms with Gasteiger partial charge in [-0.1, -0.05) is 24.3 Å². The highest BCUT2D eigenvalue weighted by atomic mass is 16.5. The van der Waals surface area contributed by atoms with Crippen molar-refractivity contribution < 1.29 is 19.1 Å². The van der Waals surface area contributed by atoms with E-state index in [-0.39, 0.29) is 23.3 Å². The number of methoxy groups -OCH3 is 2. The number of benzene rings is 1. The van der Waals surface area contributed by atoms with Gasteiger partial charge in [0, 0.05) is 24.1 Å². The summed E-state index contributed by atoms with van der Waals surface area (Å²) >= 11 is 0. The maximum atomic E-state index is 13.2. The zero-order valence-electron chi connectivity index (χ0n) is 16.0. The van der Waals surface area contributed by atoms with E-state index < -0.39 is 10.8 Å². The highest BCUT2D eigenvalue weighted by Crippen LogP contribution is 2.71. The molecule has 3 fully saturated rings. The first-order valence-corrected chi connectivity index (χ1v) is 9.85. The number of hydrogen-bond acceptors (Lipinski definition) is 5. The van der Waals surface area contributed by atoms with Crippen molar-refractivity contribution in [1.82, 2.24) is 4.90 Å². The van der Waals surface area contributed by atoms with E-state index in [9.17, 15) is 9.59 Å². The molecule has 3 heterocycles. The third kappa shape index (κ3) is 1.50. The molecule has 6 nitrogen and oxygen atoms in total. The van der Waals surface area contributed by atoms with Crippen LogP contribution in [-0.4, -0.2) is 49.3 Å². The van der Waals surface area contributed by atoms with Crippen molar-refractivity contribution in [2.75, 3.05) is 20.8 Å². The Kier molecular flexibility index (Phi) is 2.83. The van der Waals surface area contributed by atoms with E-state index in [4.69, 9.17) is 14.5 Å². The van der Waals surface area contributed by atoms with Gasteiger partial charge in [0.15, 0.2) is 0 Å². The second-order valence-electron chi connectivity index (χ2n) is 8.80. The number of carbonyl (C=O) groups excluding carboxylic acids is 2. The summed E-state index contributed by atoms with van der Waals surface area (Å²) in [6.45, 7) is 0.630. The van der Waals surface area contributed by atoms with E-state index in [2.05, 4.69) is 18.2 Å². The standard InChI is InChI=1S/C22H22N2O4/c1-27-14-6-3-5-13-16(14)23-17-21(19(26)28-2)9-8-20(12-21)7-4-10-24-15(25)11-22(13,17)18(20)24/h3-7,18H,8-12H2,1-2H3/t18-,20+,21-,22-/m0/s1. The largest absolute Gasteiger partial charge is 0.494 e. The summed E-state index contributed by atoms with van der Waals surface area (Å²) in [6.07, 6.45) is 6.97. The van der Waals surface area contributed by atoms with Crippen LogP contribution in [-0.2, 0) is 19.7 Å². The molecule has 0 radical (unpaired) electrons. The second-order valence-corrected chi connectivity index (χ2v) is 8.80. The van der Waals surface area contributed by atoms with Crippen LogP contribution in [0.15, 0.2) is 35.3 Å². The first-order chi connectivity index (χ1) is 13.5. The van der Waals surface area contributed by atoms with Crippen molar-refractivity contribution in [2.45, 2.75) is 37.1 Å².